The summed E-state index contributed by atoms with van der Waals surface area (Å²) in [5.41, 5.74) is -1.30. The number of carbonyl (C=O) groups excluding carboxylic acids is 2. The third-order valence-corrected chi connectivity index (χ3v) is 8.26. The van der Waals surface area contributed by atoms with Gasteiger partial charge in [-0.3, -0.25) is 9.59 Å². The van der Waals surface area contributed by atoms with Crippen LogP contribution in [0, 0.1) is 34.5 Å². The number of ketones is 2. The van der Waals surface area contributed by atoms with E-state index in [4.69, 9.17) is 14.2 Å². The van der Waals surface area contributed by atoms with Gasteiger partial charge in [0.25, 0.3) is 0 Å². The molecule has 2 fully saturated rings. The molecule has 1 unspecified atom stereocenters. The zero-order valence-corrected chi connectivity index (χ0v) is 17.8. The predicted octanol–water partition coefficient (Wildman–Crippen LogP) is 1.58. The molecule has 160 valence electrons. The van der Waals surface area contributed by atoms with Gasteiger partial charge in [0, 0.05) is 22.7 Å². The fourth-order valence-corrected chi connectivity index (χ4v) is 7.06. The van der Waals surface area contributed by atoms with Crippen LogP contribution in [0.4, 0.5) is 0 Å². The number of rotatable bonds is 2. The van der Waals surface area contributed by atoms with E-state index in [0.29, 0.717) is 12.0 Å². The molecule has 0 aromatic heterocycles. The first-order chi connectivity index (χ1) is 13.5. The van der Waals surface area contributed by atoms with Gasteiger partial charge in [-0.1, -0.05) is 20.8 Å². The molecule has 0 amide bonds. The first-order valence-corrected chi connectivity index (χ1v) is 10.2. The third-order valence-electron chi connectivity index (χ3n) is 8.26. The van der Waals surface area contributed by atoms with Gasteiger partial charge in [0.15, 0.2) is 17.8 Å². The Balaban J connectivity index is 2.00. The molecule has 7 nitrogen and oxygen atoms in total. The Morgan fingerprint density at radius 1 is 1.17 bits per heavy atom. The molecule has 0 bridgehead atoms. The van der Waals surface area contributed by atoms with Crippen molar-refractivity contribution in [2.45, 2.75) is 52.6 Å². The molecular weight excluding hydrogens is 376 g/mol. The normalized spacial score (nSPS) is 49.2. The van der Waals surface area contributed by atoms with Crippen molar-refractivity contribution in [1.82, 2.24) is 0 Å². The Hall–Kier alpha value is -1.70. The van der Waals surface area contributed by atoms with Gasteiger partial charge in [0.1, 0.15) is 6.10 Å². The lowest BCUT2D eigenvalue weighted by Gasteiger charge is -2.65. The van der Waals surface area contributed by atoms with Crippen molar-refractivity contribution in [3.05, 3.63) is 23.2 Å². The Labute approximate surface area is 170 Å². The van der Waals surface area contributed by atoms with E-state index in [1.807, 2.05) is 26.8 Å². The Bertz CT molecular complexity index is 829. The standard InChI is InChI=1S/C22H30O7/c1-9-7-12(27-5)19(25)21(3)11(9)8-13-22(4)14(15(23)20(26)29-13)10(2)17(28-6)16(24)18(21)22/h7,9,11,13-15,18,20,23,26H,8H2,1-6H3/t9-,11+,13-,14-,15-,18-,20?,21+,22+/m1/s1. The summed E-state index contributed by atoms with van der Waals surface area (Å²) in [4.78, 5) is 27.3. The minimum absolute atomic E-state index is 0.0194. The number of hydrogen-bond donors (Lipinski definition) is 2. The molecule has 4 aliphatic rings. The number of Topliss-reactive ketones (excluding diaryl/α,β-unsaturated/α-hetero) is 2. The largest absolute Gasteiger partial charge is 0.493 e. The van der Waals surface area contributed by atoms with Crippen molar-refractivity contribution in [2.24, 2.45) is 34.5 Å². The van der Waals surface area contributed by atoms with Crippen LogP contribution in [0.1, 0.15) is 34.1 Å². The number of carbonyl (C=O) groups is 2. The highest BCUT2D eigenvalue weighted by atomic mass is 16.6. The Morgan fingerprint density at radius 3 is 2.41 bits per heavy atom. The fraction of sp³-hybridized carbons (Fsp3) is 0.727. The van der Waals surface area contributed by atoms with Crippen molar-refractivity contribution in [3.8, 4) is 0 Å². The number of fused-ring (bicyclic) bond motifs is 2. The average molecular weight is 406 g/mol. The first kappa shape index (κ1) is 20.6. The molecule has 1 heterocycles. The maximum absolute atomic E-state index is 13.7. The number of aliphatic hydroxyl groups excluding tert-OH is 2. The zero-order valence-electron chi connectivity index (χ0n) is 17.8. The summed E-state index contributed by atoms with van der Waals surface area (Å²) in [5.74, 6) is -1.52. The third kappa shape index (κ3) is 2.29. The second kappa shape index (κ2) is 6.40. The van der Waals surface area contributed by atoms with Crippen molar-refractivity contribution in [1.29, 1.82) is 0 Å². The lowest BCUT2D eigenvalue weighted by Crippen LogP contribution is -2.72. The van der Waals surface area contributed by atoms with Crippen molar-refractivity contribution < 1.29 is 34.0 Å². The number of methoxy groups -OCH3 is 2. The molecule has 29 heavy (non-hydrogen) atoms. The Kier molecular flexibility index (Phi) is 4.54. The number of hydrogen-bond acceptors (Lipinski definition) is 7. The van der Waals surface area contributed by atoms with Crippen LogP contribution >= 0.6 is 0 Å². The SMILES string of the molecule is COC1=C[C@@H](C)[C@@H]2C[C@H]3OC(O)[C@H](O)[C@H]4C(C)=C(OC)C(=O)[C@H]([C@@]2(C)C1=O)[C@]43C. The maximum atomic E-state index is 13.7. The fourth-order valence-electron chi connectivity index (χ4n) is 7.06. The second-order valence-corrected chi connectivity index (χ2v) is 9.41. The van der Waals surface area contributed by atoms with Gasteiger partial charge in [0.05, 0.1) is 20.3 Å². The summed E-state index contributed by atoms with van der Waals surface area (Å²) in [6, 6.07) is 0. The molecule has 7 heteroatoms. The number of aliphatic hydroxyl groups is 2. The van der Waals surface area contributed by atoms with Gasteiger partial charge in [-0.25, -0.2) is 0 Å². The molecule has 1 aliphatic heterocycles. The highest BCUT2D eigenvalue weighted by Gasteiger charge is 2.73. The molecule has 0 aromatic carbocycles. The quantitative estimate of drug-likeness (QED) is 0.718. The summed E-state index contributed by atoms with van der Waals surface area (Å²) in [5, 5.41) is 21.3. The minimum atomic E-state index is -1.36. The summed E-state index contributed by atoms with van der Waals surface area (Å²) < 4.78 is 16.7. The molecule has 1 saturated carbocycles. The molecule has 2 N–H and O–H groups in total. The van der Waals surface area contributed by atoms with Crippen LogP contribution in [0.25, 0.3) is 0 Å². The number of ether oxygens (including phenoxy) is 3. The highest BCUT2D eigenvalue weighted by molar-refractivity contribution is 6.07. The summed E-state index contributed by atoms with van der Waals surface area (Å²) in [6.07, 6.45) is -0.726. The van der Waals surface area contributed by atoms with Crippen LogP contribution in [0.2, 0.25) is 0 Å². The smallest absolute Gasteiger partial charge is 0.203 e. The maximum Gasteiger partial charge on any atom is 0.203 e. The van der Waals surface area contributed by atoms with Crippen molar-refractivity contribution in [2.75, 3.05) is 14.2 Å². The summed E-state index contributed by atoms with van der Waals surface area (Å²) in [6.45, 7) is 7.50. The minimum Gasteiger partial charge on any atom is -0.493 e. The van der Waals surface area contributed by atoms with Crippen LogP contribution < -0.4 is 0 Å². The Morgan fingerprint density at radius 2 is 1.83 bits per heavy atom. The van der Waals surface area contributed by atoms with Gasteiger partial charge in [-0.05, 0) is 36.8 Å². The highest BCUT2D eigenvalue weighted by Crippen LogP contribution is 2.67. The molecule has 1 saturated heterocycles. The average Bonchev–Trinajstić information content (AvgIpc) is 2.65. The lowest BCUT2D eigenvalue weighted by molar-refractivity contribution is -0.309. The molecular formula is C22H30O7. The summed E-state index contributed by atoms with van der Waals surface area (Å²) >= 11 is 0. The van der Waals surface area contributed by atoms with Crippen LogP contribution in [-0.2, 0) is 23.8 Å². The first-order valence-electron chi connectivity index (χ1n) is 10.2. The van der Waals surface area contributed by atoms with Crippen LogP contribution in [0.3, 0.4) is 0 Å². The van der Waals surface area contributed by atoms with Gasteiger partial charge in [-0.2, -0.15) is 0 Å². The molecule has 0 spiro atoms. The van der Waals surface area contributed by atoms with Gasteiger partial charge in [0.2, 0.25) is 11.6 Å². The molecule has 4 rings (SSSR count). The molecule has 0 aromatic rings. The van der Waals surface area contributed by atoms with Gasteiger partial charge >= 0.3 is 0 Å². The van der Waals surface area contributed by atoms with E-state index in [9.17, 15) is 19.8 Å². The van der Waals surface area contributed by atoms with Crippen LogP contribution in [0.15, 0.2) is 23.2 Å². The van der Waals surface area contributed by atoms with Gasteiger partial charge < -0.3 is 24.4 Å². The van der Waals surface area contributed by atoms with Gasteiger partial charge in [-0.15, -0.1) is 0 Å². The molecule has 9 atom stereocenters. The zero-order chi connectivity index (χ0) is 21.5. The second-order valence-electron chi connectivity index (χ2n) is 9.41. The molecule has 0 radical (unpaired) electrons. The topological polar surface area (TPSA) is 102 Å². The van der Waals surface area contributed by atoms with E-state index in [1.165, 1.54) is 14.2 Å². The van der Waals surface area contributed by atoms with E-state index < -0.39 is 41.2 Å². The van der Waals surface area contributed by atoms with Crippen LogP contribution in [0.5, 0.6) is 0 Å². The van der Waals surface area contributed by atoms with E-state index in [0.717, 1.165) is 0 Å². The lowest BCUT2D eigenvalue weighted by atomic mass is 9.40. The van der Waals surface area contributed by atoms with Crippen molar-refractivity contribution >= 4 is 11.6 Å². The van der Waals surface area contributed by atoms with Crippen LogP contribution in [-0.4, -0.2) is 54.5 Å². The predicted molar refractivity (Wildman–Crippen MR) is 102 cm³/mol. The monoisotopic (exact) mass is 406 g/mol. The van der Waals surface area contributed by atoms with E-state index >= 15 is 0 Å². The van der Waals surface area contributed by atoms with E-state index in [2.05, 4.69) is 0 Å². The van der Waals surface area contributed by atoms with E-state index in [-0.39, 0.29) is 34.9 Å². The van der Waals surface area contributed by atoms with E-state index in [1.54, 1.807) is 6.92 Å². The summed E-state index contributed by atoms with van der Waals surface area (Å²) in [7, 11) is 2.89. The van der Waals surface area contributed by atoms with Crippen molar-refractivity contribution in [3.63, 3.8) is 0 Å². The number of allylic oxidation sites excluding steroid dienone is 3. The molecule has 3 aliphatic carbocycles.